The highest BCUT2D eigenvalue weighted by molar-refractivity contribution is 8.00. The quantitative estimate of drug-likeness (QED) is 0.0816. The minimum Gasteiger partial charge on any atom is -0.497 e. The van der Waals surface area contributed by atoms with Crippen LogP contribution in [-0.4, -0.2) is 72.4 Å². The van der Waals surface area contributed by atoms with Gasteiger partial charge in [-0.05, 0) is 55.0 Å². The number of fused-ring (bicyclic) bond motifs is 2. The third kappa shape index (κ3) is 6.76. The molecule has 13 nitrogen and oxygen atoms in total. The van der Waals surface area contributed by atoms with Crippen molar-refractivity contribution in [2.24, 2.45) is 0 Å². The third-order valence-corrected chi connectivity index (χ3v) is 11.0. The van der Waals surface area contributed by atoms with E-state index in [4.69, 9.17) is 37.6 Å². The number of imidazole rings is 1. The lowest BCUT2D eigenvalue weighted by Gasteiger charge is -2.17. The van der Waals surface area contributed by atoms with E-state index in [0.717, 1.165) is 0 Å². The summed E-state index contributed by atoms with van der Waals surface area (Å²) in [5, 5.41) is 0.459. The van der Waals surface area contributed by atoms with Crippen molar-refractivity contribution < 1.29 is 46.0 Å². The van der Waals surface area contributed by atoms with Gasteiger partial charge in [0.05, 0.1) is 65.2 Å². The zero-order valence-electron chi connectivity index (χ0n) is 29.3. The largest absolute Gasteiger partial charge is 0.497 e. The van der Waals surface area contributed by atoms with Gasteiger partial charge in [0.25, 0.3) is 10.0 Å². The Morgan fingerprint density at radius 1 is 0.750 bits per heavy atom. The molecule has 0 N–H and O–H groups in total. The van der Waals surface area contributed by atoms with E-state index >= 15 is 0 Å². The van der Waals surface area contributed by atoms with Crippen LogP contribution in [0.3, 0.4) is 0 Å². The minimum atomic E-state index is -4.01. The number of benzene rings is 4. The van der Waals surface area contributed by atoms with Crippen molar-refractivity contribution in [3.8, 4) is 51.6 Å². The number of thioether (sulfide) groups is 1. The Bertz CT molecular complexity index is 2380. The molecule has 0 saturated carbocycles. The van der Waals surface area contributed by atoms with Crippen LogP contribution in [0, 0.1) is 0 Å². The molecule has 4 aromatic carbocycles. The van der Waals surface area contributed by atoms with Crippen molar-refractivity contribution >= 4 is 43.8 Å². The molecule has 0 spiro atoms. The first kappa shape index (κ1) is 36.3. The maximum Gasteiger partial charge on any atom is 0.270 e. The fourth-order valence-corrected chi connectivity index (χ4v) is 8.24. The van der Waals surface area contributed by atoms with Gasteiger partial charge in [-0.25, -0.2) is 17.4 Å². The predicted octanol–water partition coefficient (Wildman–Crippen LogP) is 6.66. The molecule has 0 fully saturated rings. The molecule has 2 heterocycles. The highest BCUT2D eigenvalue weighted by Crippen LogP contribution is 2.44. The lowest BCUT2D eigenvalue weighted by molar-refractivity contribution is 0.309. The van der Waals surface area contributed by atoms with Crippen LogP contribution >= 0.6 is 11.8 Å². The highest BCUT2D eigenvalue weighted by Gasteiger charge is 2.26. The van der Waals surface area contributed by atoms with Crippen LogP contribution in [-0.2, 0) is 10.0 Å². The molecule has 6 aromatic rings. The number of ether oxygens (including phenoxy) is 7. The topological polar surface area (TPSA) is 147 Å². The van der Waals surface area contributed by atoms with Gasteiger partial charge in [-0.2, -0.15) is 0 Å². The van der Waals surface area contributed by atoms with E-state index < -0.39 is 15.5 Å². The molecule has 52 heavy (non-hydrogen) atoms. The maximum atomic E-state index is 14.2. The van der Waals surface area contributed by atoms with E-state index in [0.29, 0.717) is 62.7 Å². The molecule has 272 valence electrons. The molecule has 0 aliphatic carbocycles. The molecule has 6 rings (SSSR count). The van der Waals surface area contributed by atoms with Crippen LogP contribution in [0.1, 0.15) is 6.42 Å². The van der Waals surface area contributed by atoms with Gasteiger partial charge in [-0.15, -0.1) is 0 Å². The SMILES string of the molecule is COc1ccc(S(=O)(=O)n2c(SCCCOc3c(-c4cc(OC)c(OC)c(OC)c4)oc4cc(OC)cc(OC)c4c3=O)nc3ccccc32)cc1. The molecule has 0 saturated heterocycles. The monoisotopic (exact) mass is 748 g/mol. The van der Waals surface area contributed by atoms with Crippen molar-refractivity contribution in [1.82, 2.24) is 8.96 Å². The maximum absolute atomic E-state index is 14.2. The number of hydrogen-bond acceptors (Lipinski definition) is 13. The van der Waals surface area contributed by atoms with Crippen molar-refractivity contribution in [2.75, 3.05) is 55.0 Å². The van der Waals surface area contributed by atoms with Crippen molar-refractivity contribution in [1.29, 1.82) is 0 Å². The number of nitrogens with zero attached hydrogens (tertiary/aromatic N) is 2. The third-order valence-electron chi connectivity index (χ3n) is 8.13. The van der Waals surface area contributed by atoms with E-state index in [1.165, 1.54) is 70.5 Å². The number of rotatable bonds is 15. The highest BCUT2D eigenvalue weighted by atomic mass is 32.2. The molecular weight excluding hydrogens is 713 g/mol. The zero-order valence-corrected chi connectivity index (χ0v) is 30.9. The second-order valence-corrected chi connectivity index (χ2v) is 13.9. The van der Waals surface area contributed by atoms with Gasteiger partial charge in [0.15, 0.2) is 22.4 Å². The second-order valence-electron chi connectivity index (χ2n) is 11.1. The van der Waals surface area contributed by atoms with Gasteiger partial charge < -0.3 is 37.6 Å². The van der Waals surface area contributed by atoms with Gasteiger partial charge in [0.1, 0.15) is 28.2 Å². The normalized spacial score (nSPS) is 11.4. The first-order chi connectivity index (χ1) is 25.2. The molecular formula is C37H36N2O11S2. The molecule has 2 aromatic heterocycles. The minimum absolute atomic E-state index is 0.0652. The summed E-state index contributed by atoms with van der Waals surface area (Å²) in [5.74, 6) is 2.72. The summed E-state index contributed by atoms with van der Waals surface area (Å²) < 4.78 is 74.4. The van der Waals surface area contributed by atoms with E-state index in [9.17, 15) is 13.2 Å². The summed E-state index contributed by atoms with van der Waals surface area (Å²) in [5.41, 5.74) is 1.16. The van der Waals surface area contributed by atoms with Gasteiger partial charge >= 0.3 is 0 Å². The van der Waals surface area contributed by atoms with Crippen LogP contribution in [0.15, 0.2) is 92.1 Å². The number of aromatic nitrogens is 2. The van der Waals surface area contributed by atoms with Crippen LogP contribution in [0.4, 0.5) is 0 Å². The Balaban J connectivity index is 1.32. The Hall–Kier alpha value is -5.54. The van der Waals surface area contributed by atoms with E-state index in [2.05, 4.69) is 4.98 Å². The summed E-state index contributed by atoms with van der Waals surface area (Å²) in [6.07, 6.45) is 0.405. The standard InChI is InChI=1S/C37H36N2O11S2/c1-43-23-12-14-25(15-13-23)52(41,42)39-27-11-8-7-10-26(27)38-37(39)51-17-9-16-49-36-33(40)32-28(45-3)20-24(44-2)21-29(32)50-34(36)22-18-30(46-4)35(48-6)31(19-22)47-5/h7-8,10-15,18-21H,9,16-17H2,1-6H3. The molecule has 0 aliphatic heterocycles. The number of methoxy groups -OCH3 is 6. The van der Waals surface area contributed by atoms with Crippen LogP contribution in [0.2, 0.25) is 0 Å². The average molecular weight is 749 g/mol. The van der Waals surface area contributed by atoms with Gasteiger partial charge in [0.2, 0.25) is 16.9 Å². The summed E-state index contributed by atoms with van der Waals surface area (Å²) >= 11 is 1.25. The molecule has 0 bridgehead atoms. The lowest BCUT2D eigenvalue weighted by Crippen LogP contribution is -2.14. The molecule has 0 radical (unpaired) electrons. The van der Waals surface area contributed by atoms with Gasteiger partial charge in [-0.1, -0.05) is 23.9 Å². The smallest absolute Gasteiger partial charge is 0.270 e. The Morgan fingerprint density at radius 3 is 2.06 bits per heavy atom. The van der Waals surface area contributed by atoms with Gasteiger partial charge in [-0.3, -0.25) is 4.79 Å². The zero-order chi connectivity index (χ0) is 37.0. The fourth-order valence-electron chi connectivity index (χ4n) is 5.61. The second kappa shape index (κ2) is 15.4. The fraction of sp³-hybridized carbons (Fsp3) is 0.243. The van der Waals surface area contributed by atoms with Crippen LogP contribution < -0.4 is 38.6 Å². The van der Waals surface area contributed by atoms with Gasteiger partial charge in [0, 0.05) is 23.4 Å². The number of hydrogen-bond donors (Lipinski definition) is 0. The Labute approximate surface area is 304 Å². The molecule has 0 atom stereocenters. The van der Waals surface area contributed by atoms with Crippen molar-refractivity contribution in [3.63, 3.8) is 0 Å². The molecule has 15 heteroatoms. The van der Waals surface area contributed by atoms with E-state index in [1.807, 2.05) is 0 Å². The van der Waals surface area contributed by atoms with Crippen molar-refractivity contribution in [3.05, 3.63) is 83.0 Å². The molecule has 0 unspecified atom stereocenters. The average Bonchev–Trinajstić information content (AvgIpc) is 3.56. The molecule has 0 amide bonds. The van der Waals surface area contributed by atoms with E-state index in [-0.39, 0.29) is 39.7 Å². The van der Waals surface area contributed by atoms with E-state index in [1.54, 1.807) is 60.7 Å². The van der Waals surface area contributed by atoms with Crippen LogP contribution in [0.25, 0.3) is 33.3 Å². The summed E-state index contributed by atoms with van der Waals surface area (Å²) in [4.78, 5) is 18.9. The first-order valence-electron chi connectivity index (χ1n) is 15.8. The lowest BCUT2D eigenvalue weighted by atomic mass is 10.1. The Kier molecular flexibility index (Phi) is 10.7. The Morgan fingerprint density at radius 2 is 1.42 bits per heavy atom. The predicted molar refractivity (Wildman–Crippen MR) is 197 cm³/mol. The van der Waals surface area contributed by atoms with Crippen LogP contribution in [0.5, 0.6) is 40.2 Å². The van der Waals surface area contributed by atoms with Crippen molar-refractivity contribution in [2.45, 2.75) is 16.5 Å². The number of para-hydroxylation sites is 2. The summed E-state index contributed by atoms with van der Waals surface area (Å²) in [7, 11) is 4.91. The summed E-state index contributed by atoms with van der Waals surface area (Å²) in [6.45, 7) is 0.0740. The first-order valence-corrected chi connectivity index (χ1v) is 18.3. The molecule has 0 aliphatic rings. The summed E-state index contributed by atoms with van der Waals surface area (Å²) in [6, 6.07) is 19.7.